The number of aromatic nitrogens is 1. The van der Waals surface area contributed by atoms with Crippen molar-refractivity contribution in [3.8, 4) is 11.1 Å². The summed E-state index contributed by atoms with van der Waals surface area (Å²) in [4.78, 5) is 13.8. The highest BCUT2D eigenvalue weighted by Crippen LogP contribution is 2.54. The van der Waals surface area contributed by atoms with Crippen molar-refractivity contribution in [1.29, 1.82) is 0 Å². The third-order valence-electron chi connectivity index (χ3n) is 17.7. The number of hydrogen-bond acceptors (Lipinski definition) is 5. The molecule has 0 saturated carbocycles. The van der Waals surface area contributed by atoms with Crippen LogP contribution in [0.3, 0.4) is 0 Å². The molecule has 7 aromatic carbocycles. The lowest BCUT2D eigenvalue weighted by Crippen LogP contribution is -2.61. The Labute approximate surface area is 476 Å². The van der Waals surface area contributed by atoms with Crippen molar-refractivity contribution >= 4 is 95.3 Å². The maximum atomic E-state index is 6.21. The number of rotatable bonds is 6. The van der Waals surface area contributed by atoms with Crippen molar-refractivity contribution < 1.29 is 0 Å². The Morgan fingerprint density at radius 1 is 0.494 bits per heavy atom. The Balaban J connectivity index is 1.26. The molecule has 6 heteroatoms. The van der Waals surface area contributed by atoms with E-state index in [-0.39, 0.29) is 39.2 Å². The van der Waals surface area contributed by atoms with E-state index in [2.05, 4.69) is 289 Å². The Morgan fingerprint density at radius 2 is 1.03 bits per heavy atom. The summed E-state index contributed by atoms with van der Waals surface area (Å²) >= 11 is 1.97. The van der Waals surface area contributed by atoms with Gasteiger partial charge in [0, 0.05) is 54.9 Å². The molecular formula is C73H79BN4S. The molecule has 2 aliphatic heterocycles. The smallest absolute Gasteiger partial charge is 0.266 e. The van der Waals surface area contributed by atoms with Crippen molar-refractivity contribution in [3.05, 3.63) is 197 Å². The van der Waals surface area contributed by atoms with E-state index in [4.69, 9.17) is 4.98 Å². The summed E-state index contributed by atoms with van der Waals surface area (Å²) in [6.45, 7) is 37.7. The average molecular weight is 1060 g/mol. The van der Waals surface area contributed by atoms with Crippen LogP contribution in [0.15, 0.2) is 164 Å². The summed E-state index contributed by atoms with van der Waals surface area (Å²) < 4.78 is 2.65. The molecule has 4 heterocycles. The predicted molar refractivity (Wildman–Crippen MR) is 344 cm³/mol. The molecule has 1 aliphatic carbocycles. The summed E-state index contributed by atoms with van der Waals surface area (Å²) in [5, 5.41) is 1.28. The van der Waals surface area contributed by atoms with E-state index in [0.29, 0.717) is 0 Å². The third-order valence-corrected chi connectivity index (χ3v) is 19.0. The predicted octanol–water partition coefficient (Wildman–Crippen LogP) is 19.1. The summed E-state index contributed by atoms with van der Waals surface area (Å²) in [6, 6.07) is 62.9. The molecule has 0 bridgehead atoms. The topological polar surface area (TPSA) is 22.6 Å². The first-order valence-corrected chi connectivity index (χ1v) is 29.7. The quantitative estimate of drug-likeness (QED) is 0.155. The molecule has 0 unspecified atom stereocenters. The minimum Gasteiger partial charge on any atom is -0.311 e. The van der Waals surface area contributed by atoms with Crippen molar-refractivity contribution in [2.75, 3.05) is 14.7 Å². The second-order valence-electron chi connectivity index (χ2n) is 28.5. The number of fused-ring (bicyclic) bond motifs is 7. The van der Waals surface area contributed by atoms with E-state index in [9.17, 15) is 0 Å². The third kappa shape index (κ3) is 9.02. The molecule has 9 aromatic rings. The molecule has 0 amide bonds. The van der Waals surface area contributed by atoms with Gasteiger partial charge in [0.25, 0.3) is 6.71 Å². The molecular weight excluding hydrogens is 976 g/mol. The normalized spacial score (nSPS) is 15.6. The zero-order valence-corrected chi connectivity index (χ0v) is 50.6. The number of anilines is 9. The molecule has 0 radical (unpaired) electrons. The van der Waals surface area contributed by atoms with Crippen LogP contribution in [0.25, 0.3) is 21.2 Å². The van der Waals surface area contributed by atoms with Gasteiger partial charge < -0.3 is 4.90 Å². The number of thiophene rings is 1. The van der Waals surface area contributed by atoms with Crippen LogP contribution >= 0.6 is 11.3 Å². The average Bonchev–Trinajstić information content (AvgIpc) is 4.08. The maximum Gasteiger partial charge on any atom is 0.266 e. The number of benzene rings is 7. The van der Waals surface area contributed by atoms with Crippen LogP contribution in [0, 0.1) is 0 Å². The summed E-state index contributed by atoms with van der Waals surface area (Å²) in [5.41, 5.74) is 20.9. The molecule has 0 saturated heterocycles. The fourth-order valence-electron chi connectivity index (χ4n) is 12.8. The van der Waals surface area contributed by atoms with Crippen LogP contribution in [0.2, 0.25) is 0 Å². The molecule has 79 heavy (non-hydrogen) atoms. The summed E-state index contributed by atoms with van der Waals surface area (Å²) in [7, 11) is 0. The van der Waals surface area contributed by atoms with E-state index in [1.807, 2.05) is 11.3 Å². The van der Waals surface area contributed by atoms with E-state index in [1.54, 1.807) is 0 Å². The van der Waals surface area contributed by atoms with Gasteiger partial charge in [-0.3, -0.25) is 9.80 Å². The maximum absolute atomic E-state index is 6.21. The fraction of sp³-hybridized carbons (Fsp3) is 0.329. The Hall–Kier alpha value is -6.89. The minimum atomic E-state index is -0.111. The largest absolute Gasteiger partial charge is 0.311 e. The van der Waals surface area contributed by atoms with Gasteiger partial charge in [0.05, 0.1) is 11.4 Å². The van der Waals surface area contributed by atoms with Gasteiger partial charge >= 0.3 is 0 Å². The lowest BCUT2D eigenvalue weighted by atomic mass is 9.36. The highest BCUT2D eigenvalue weighted by molar-refractivity contribution is 7.33. The molecule has 0 N–H and O–H groups in total. The standard InChI is InChI=1S/C73H79BN4S/c1-68(2,3)47-29-27-46(28-30-47)54-41-48(69(4,5)6)31-36-59(54)78-60-37-32-50(71(10,11)12)43-58(60)74-64-61(78)45-63(76(51-23-19-17-20-24-51)52-25-21-18-22-26-52)75-67(64)77(53-34-35-56-57(44-53)73(15,16)40-39-72(56,13)14)65-55-42-49(70(7,8)9)33-38-62(55)79-66(65)74/h17-38,41-45H,39-40H2,1-16H3. The molecule has 2 aromatic heterocycles. The van der Waals surface area contributed by atoms with Crippen LogP contribution in [-0.4, -0.2) is 11.7 Å². The highest BCUT2D eigenvalue weighted by Gasteiger charge is 2.48. The molecule has 0 atom stereocenters. The molecule has 0 fully saturated rings. The zero-order valence-electron chi connectivity index (χ0n) is 49.8. The van der Waals surface area contributed by atoms with Gasteiger partial charge in [0.15, 0.2) is 0 Å². The van der Waals surface area contributed by atoms with Crippen molar-refractivity contribution in [2.45, 2.75) is 156 Å². The van der Waals surface area contributed by atoms with Gasteiger partial charge in [-0.25, -0.2) is 4.98 Å². The zero-order chi connectivity index (χ0) is 55.9. The van der Waals surface area contributed by atoms with Crippen LogP contribution < -0.4 is 30.4 Å². The lowest BCUT2D eigenvalue weighted by molar-refractivity contribution is 0.332. The minimum absolute atomic E-state index is 0.00987. The number of para-hydroxylation sites is 2. The number of nitrogens with zero attached hydrogens (tertiary/aromatic N) is 4. The van der Waals surface area contributed by atoms with Gasteiger partial charge in [0.1, 0.15) is 11.6 Å². The second-order valence-corrected chi connectivity index (χ2v) is 29.5. The van der Waals surface area contributed by atoms with Crippen molar-refractivity contribution in [2.24, 2.45) is 0 Å². The van der Waals surface area contributed by atoms with Crippen LogP contribution in [-0.2, 0) is 32.5 Å². The Kier molecular flexibility index (Phi) is 12.2. The van der Waals surface area contributed by atoms with Crippen LogP contribution in [0.5, 0.6) is 0 Å². The van der Waals surface area contributed by atoms with E-state index in [0.717, 1.165) is 52.9 Å². The van der Waals surface area contributed by atoms with E-state index >= 15 is 0 Å². The van der Waals surface area contributed by atoms with Crippen LogP contribution in [0.1, 0.15) is 157 Å². The highest BCUT2D eigenvalue weighted by atomic mass is 32.1. The first-order valence-electron chi connectivity index (χ1n) is 28.9. The Morgan fingerprint density at radius 3 is 1.62 bits per heavy atom. The van der Waals surface area contributed by atoms with E-state index < -0.39 is 0 Å². The van der Waals surface area contributed by atoms with Gasteiger partial charge in [-0.15, -0.1) is 11.3 Å². The molecule has 3 aliphatic rings. The second kappa shape index (κ2) is 18.3. The Bertz CT molecular complexity index is 3800. The van der Waals surface area contributed by atoms with Crippen molar-refractivity contribution in [3.63, 3.8) is 0 Å². The van der Waals surface area contributed by atoms with Gasteiger partial charge in [-0.1, -0.05) is 202 Å². The lowest BCUT2D eigenvalue weighted by Gasteiger charge is -2.45. The van der Waals surface area contributed by atoms with Gasteiger partial charge in [0.2, 0.25) is 0 Å². The molecule has 4 nitrogen and oxygen atoms in total. The monoisotopic (exact) mass is 1050 g/mol. The summed E-state index contributed by atoms with van der Waals surface area (Å²) in [5.74, 6) is 1.82. The first kappa shape index (κ1) is 52.8. The summed E-state index contributed by atoms with van der Waals surface area (Å²) in [6.07, 6.45) is 2.28. The first-order chi connectivity index (χ1) is 37.2. The van der Waals surface area contributed by atoms with Crippen molar-refractivity contribution in [1.82, 2.24) is 4.98 Å². The molecule has 0 spiro atoms. The van der Waals surface area contributed by atoms with Crippen LogP contribution in [0.4, 0.5) is 51.4 Å². The molecule has 12 rings (SSSR count). The van der Waals surface area contributed by atoms with Gasteiger partial charge in [-0.2, -0.15) is 0 Å². The SMILES string of the molecule is CC(C)(C)c1ccc(-c2cc(C(C)(C)C)ccc2N2c3ccc(C(C)(C)C)cc3B3c4sc5ccc(C(C)(C)C)cc5c4N(c4ccc5c(c4)C(C)(C)CCC5(C)C)c4nc(N(c5ccccc5)c5ccccc5)cc2c43)cc1. The molecule has 400 valence electrons. The van der Waals surface area contributed by atoms with Gasteiger partial charge in [-0.05, 0) is 162 Å². The number of hydrogen-bond donors (Lipinski definition) is 0. The fourth-order valence-corrected chi connectivity index (χ4v) is 14.1. The van der Waals surface area contributed by atoms with E-state index in [1.165, 1.54) is 81.7 Å². The number of pyridine rings is 1.